The van der Waals surface area contributed by atoms with Crippen molar-refractivity contribution >= 4 is 11.9 Å². The number of hydrogen-bond donors (Lipinski definition) is 2. The number of aliphatic imine (C=N–C) groups is 1. The van der Waals surface area contributed by atoms with E-state index in [2.05, 4.69) is 15.6 Å². The summed E-state index contributed by atoms with van der Waals surface area (Å²) in [6, 6.07) is 3.83. The van der Waals surface area contributed by atoms with Gasteiger partial charge in [0, 0.05) is 7.05 Å². The predicted octanol–water partition coefficient (Wildman–Crippen LogP) is 0.880. The lowest BCUT2D eigenvalue weighted by Crippen LogP contribution is -2.24. The van der Waals surface area contributed by atoms with Gasteiger partial charge in [-0.1, -0.05) is 6.07 Å². The third-order valence-corrected chi connectivity index (χ3v) is 2.56. The maximum atomic E-state index is 13.1. The third-order valence-electron chi connectivity index (χ3n) is 2.56. The first kappa shape index (κ1) is 10.6. The number of amides is 1. The number of aryl methyl sites for hydroxylation is 1. The molecule has 0 bridgehead atoms. The van der Waals surface area contributed by atoms with Gasteiger partial charge in [-0.2, -0.15) is 0 Å². The van der Waals surface area contributed by atoms with Crippen molar-refractivity contribution in [3.63, 3.8) is 0 Å². The van der Waals surface area contributed by atoms with Gasteiger partial charge in [0.2, 0.25) is 0 Å². The number of nitrogens with zero attached hydrogens (tertiary/aromatic N) is 1. The van der Waals surface area contributed by atoms with Crippen molar-refractivity contribution in [3.8, 4) is 0 Å². The smallest absolute Gasteiger partial charge is 0.253 e. The number of benzene rings is 1. The van der Waals surface area contributed by atoms with E-state index in [4.69, 9.17) is 0 Å². The van der Waals surface area contributed by atoms with Crippen LogP contribution < -0.4 is 10.6 Å². The van der Waals surface area contributed by atoms with E-state index in [0.29, 0.717) is 11.5 Å². The van der Waals surface area contributed by atoms with Crippen LogP contribution in [0.4, 0.5) is 4.39 Å². The van der Waals surface area contributed by atoms with Crippen LogP contribution in [0.25, 0.3) is 0 Å². The summed E-state index contributed by atoms with van der Waals surface area (Å²) in [4.78, 5) is 15.5. The third kappa shape index (κ3) is 1.76. The van der Waals surface area contributed by atoms with Gasteiger partial charge in [0.05, 0.1) is 0 Å². The van der Waals surface area contributed by atoms with E-state index in [1.165, 1.54) is 12.1 Å². The van der Waals surface area contributed by atoms with Gasteiger partial charge in [0.15, 0.2) is 5.96 Å². The molecule has 0 spiro atoms. The van der Waals surface area contributed by atoms with Crippen LogP contribution in [-0.2, 0) is 4.79 Å². The number of nitrogens with one attached hydrogen (secondary N) is 2. The molecule has 16 heavy (non-hydrogen) atoms. The molecule has 1 aliphatic heterocycles. The molecule has 1 amide bonds. The highest BCUT2D eigenvalue weighted by Gasteiger charge is 2.30. The van der Waals surface area contributed by atoms with E-state index in [1.54, 1.807) is 13.1 Å². The zero-order valence-corrected chi connectivity index (χ0v) is 9.04. The lowest BCUT2D eigenvalue weighted by atomic mass is 10.0. The quantitative estimate of drug-likeness (QED) is 0.739. The second-order valence-electron chi connectivity index (χ2n) is 3.64. The molecule has 1 aromatic rings. The lowest BCUT2D eigenvalue weighted by Gasteiger charge is -2.11. The molecule has 84 valence electrons. The van der Waals surface area contributed by atoms with Gasteiger partial charge in [-0.25, -0.2) is 4.39 Å². The number of guanidine groups is 1. The summed E-state index contributed by atoms with van der Waals surface area (Å²) in [5.74, 6) is -0.148. The molecule has 1 aliphatic rings. The molecule has 1 heterocycles. The molecule has 2 N–H and O–H groups in total. The largest absolute Gasteiger partial charge is 0.340 e. The van der Waals surface area contributed by atoms with Crippen LogP contribution in [0.1, 0.15) is 17.2 Å². The highest BCUT2D eigenvalue weighted by atomic mass is 19.1. The maximum Gasteiger partial charge on any atom is 0.253 e. The maximum absolute atomic E-state index is 13.1. The fraction of sp³-hybridized carbons (Fsp3) is 0.273. The molecular weight excluding hydrogens is 209 g/mol. The Bertz CT molecular complexity index is 470. The minimum Gasteiger partial charge on any atom is -0.340 e. The van der Waals surface area contributed by atoms with E-state index < -0.39 is 6.04 Å². The molecule has 1 saturated heterocycles. The summed E-state index contributed by atoms with van der Waals surface area (Å²) in [6.45, 7) is 1.84. The van der Waals surface area contributed by atoms with Crippen LogP contribution in [0, 0.1) is 12.7 Å². The zero-order valence-electron chi connectivity index (χ0n) is 9.04. The topological polar surface area (TPSA) is 53.5 Å². The molecule has 0 saturated carbocycles. The van der Waals surface area contributed by atoms with Gasteiger partial charge in [0.25, 0.3) is 5.91 Å². The van der Waals surface area contributed by atoms with Crippen LogP contribution in [-0.4, -0.2) is 18.9 Å². The van der Waals surface area contributed by atoms with Crippen molar-refractivity contribution in [1.82, 2.24) is 10.6 Å². The van der Waals surface area contributed by atoms with E-state index >= 15 is 0 Å². The molecule has 0 aliphatic carbocycles. The Morgan fingerprint density at radius 2 is 2.19 bits per heavy atom. The van der Waals surface area contributed by atoms with Gasteiger partial charge in [-0.15, -0.1) is 0 Å². The number of rotatable bonds is 1. The minimum absolute atomic E-state index is 0.214. The molecule has 1 aromatic carbocycles. The standard InChI is InChI=1S/C11H12FN3O/c1-6-3-4-7(12)5-8(6)9-10(16)15-11(13-2)14-9/h3-5,9H,1-2H3,(H2,13,14,15,16). The monoisotopic (exact) mass is 221 g/mol. The highest BCUT2D eigenvalue weighted by molar-refractivity contribution is 6.06. The van der Waals surface area contributed by atoms with Gasteiger partial charge in [0.1, 0.15) is 11.9 Å². The van der Waals surface area contributed by atoms with E-state index in [9.17, 15) is 9.18 Å². The molecule has 2 rings (SSSR count). The van der Waals surface area contributed by atoms with E-state index in [-0.39, 0.29) is 11.7 Å². The highest BCUT2D eigenvalue weighted by Crippen LogP contribution is 2.21. The summed E-state index contributed by atoms with van der Waals surface area (Å²) in [5, 5.41) is 5.47. The molecular formula is C11H12FN3O. The first-order valence-electron chi connectivity index (χ1n) is 4.92. The van der Waals surface area contributed by atoms with E-state index in [0.717, 1.165) is 5.56 Å². The van der Waals surface area contributed by atoms with Crippen molar-refractivity contribution in [2.75, 3.05) is 7.05 Å². The Hall–Kier alpha value is -1.91. The lowest BCUT2D eigenvalue weighted by molar-refractivity contribution is -0.120. The zero-order chi connectivity index (χ0) is 11.7. The molecule has 1 unspecified atom stereocenters. The Morgan fingerprint density at radius 3 is 2.81 bits per heavy atom. The average molecular weight is 221 g/mol. The van der Waals surface area contributed by atoms with Crippen LogP contribution in [0.3, 0.4) is 0 Å². The number of carbonyl (C=O) groups excluding carboxylic acids is 1. The van der Waals surface area contributed by atoms with Crippen LogP contribution in [0.2, 0.25) is 0 Å². The van der Waals surface area contributed by atoms with Crippen molar-refractivity contribution in [1.29, 1.82) is 0 Å². The number of halogens is 1. The molecule has 5 heteroatoms. The summed E-state index contributed by atoms with van der Waals surface area (Å²) in [5.41, 5.74) is 1.50. The molecule has 1 atom stereocenters. The number of hydrogen-bond acceptors (Lipinski definition) is 2. The summed E-state index contributed by atoms with van der Waals surface area (Å²) in [7, 11) is 1.57. The van der Waals surface area contributed by atoms with Crippen molar-refractivity contribution in [2.45, 2.75) is 13.0 Å². The Morgan fingerprint density at radius 1 is 1.44 bits per heavy atom. The van der Waals surface area contributed by atoms with Crippen molar-refractivity contribution in [3.05, 3.63) is 35.1 Å². The summed E-state index contributed by atoms with van der Waals surface area (Å²) >= 11 is 0. The van der Waals surface area contributed by atoms with Crippen molar-refractivity contribution < 1.29 is 9.18 Å². The minimum atomic E-state index is -0.561. The van der Waals surface area contributed by atoms with Gasteiger partial charge in [-0.05, 0) is 30.2 Å². The van der Waals surface area contributed by atoms with E-state index in [1.807, 2.05) is 6.92 Å². The second-order valence-corrected chi connectivity index (χ2v) is 3.64. The first-order chi connectivity index (χ1) is 7.61. The van der Waals surface area contributed by atoms with Gasteiger partial charge in [-0.3, -0.25) is 15.1 Å². The molecule has 0 radical (unpaired) electrons. The van der Waals surface area contributed by atoms with Gasteiger partial charge >= 0.3 is 0 Å². The molecule has 4 nitrogen and oxygen atoms in total. The van der Waals surface area contributed by atoms with Crippen LogP contribution in [0.5, 0.6) is 0 Å². The molecule has 1 fully saturated rings. The number of carbonyl (C=O) groups is 1. The average Bonchev–Trinajstić information content (AvgIpc) is 2.63. The Kier molecular flexibility index (Phi) is 2.60. The van der Waals surface area contributed by atoms with Gasteiger partial charge < -0.3 is 5.32 Å². The van der Waals surface area contributed by atoms with Crippen molar-refractivity contribution in [2.24, 2.45) is 4.99 Å². The second kappa shape index (κ2) is 3.92. The molecule has 0 aromatic heterocycles. The van der Waals surface area contributed by atoms with Crippen LogP contribution in [0.15, 0.2) is 23.2 Å². The SMILES string of the molecule is CN=C1NC(=O)C(c2cc(F)ccc2C)N1. The fourth-order valence-electron chi connectivity index (χ4n) is 1.69. The summed E-state index contributed by atoms with van der Waals surface area (Å²) < 4.78 is 13.1. The fourth-order valence-corrected chi connectivity index (χ4v) is 1.69. The Labute approximate surface area is 92.6 Å². The normalized spacial score (nSPS) is 22.1. The first-order valence-corrected chi connectivity index (χ1v) is 4.92. The predicted molar refractivity (Wildman–Crippen MR) is 58.5 cm³/mol. The summed E-state index contributed by atoms with van der Waals surface area (Å²) in [6.07, 6.45) is 0. The van der Waals surface area contributed by atoms with Crippen LogP contribution >= 0.6 is 0 Å². The Balaban J connectivity index is 2.38.